The van der Waals surface area contributed by atoms with E-state index in [2.05, 4.69) is 6.92 Å². The highest BCUT2D eigenvalue weighted by Crippen LogP contribution is 2.23. The minimum atomic E-state index is -0.353. The van der Waals surface area contributed by atoms with E-state index in [0.717, 1.165) is 50.1 Å². The number of unbranched alkanes of at least 4 members (excludes halogenated alkanes) is 10. The minimum Gasteiger partial charge on any atom is -0.497 e. The van der Waals surface area contributed by atoms with Crippen molar-refractivity contribution in [3.63, 3.8) is 0 Å². The maximum absolute atomic E-state index is 13.5. The molecule has 41 heavy (non-hydrogen) atoms. The van der Waals surface area contributed by atoms with Gasteiger partial charge in [-0.2, -0.15) is 0 Å². The topological polar surface area (TPSA) is 49.9 Å². The summed E-state index contributed by atoms with van der Waals surface area (Å²) < 4.78 is 18.7. The molecule has 2 amide bonds. The Labute approximate surface area is 247 Å². The summed E-state index contributed by atoms with van der Waals surface area (Å²) in [5.74, 6) is 0.917. The van der Waals surface area contributed by atoms with Crippen LogP contribution < -0.4 is 4.74 Å². The van der Waals surface area contributed by atoms with E-state index in [1.54, 1.807) is 19.2 Å². The Morgan fingerprint density at radius 3 is 1.95 bits per heavy atom. The van der Waals surface area contributed by atoms with Crippen LogP contribution in [0.25, 0.3) is 0 Å². The number of halogens is 1. The fourth-order valence-corrected chi connectivity index (χ4v) is 5.72. The van der Waals surface area contributed by atoms with Crippen molar-refractivity contribution in [2.45, 2.75) is 103 Å². The summed E-state index contributed by atoms with van der Waals surface area (Å²) in [6.07, 6.45) is 16.6. The molecule has 3 rings (SSSR count). The maximum Gasteiger partial charge on any atom is 0.254 e. The molecule has 0 unspecified atom stereocenters. The van der Waals surface area contributed by atoms with E-state index < -0.39 is 0 Å². The fraction of sp³-hybridized carbons (Fsp3) is 0.600. The standard InChI is InChI=1S/C35H51FN2O3/c1-3-4-5-6-7-8-9-10-11-12-13-14-34(39)37-25-23-30(24-26-37)28-38(27-29-15-21-33(41-2)22-16-29)35(40)31-17-19-32(36)20-18-31/h15-22,30H,3-14,23-28H2,1-2H3. The number of piperidine rings is 1. The summed E-state index contributed by atoms with van der Waals surface area (Å²) in [7, 11) is 1.63. The van der Waals surface area contributed by atoms with Crippen molar-refractivity contribution in [3.8, 4) is 5.75 Å². The van der Waals surface area contributed by atoms with E-state index >= 15 is 0 Å². The maximum atomic E-state index is 13.5. The average molecular weight is 567 g/mol. The summed E-state index contributed by atoms with van der Waals surface area (Å²) in [6.45, 7) is 4.85. The largest absolute Gasteiger partial charge is 0.497 e. The Kier molecular flexibility index (Phi) is 14.7. The van der Waals surface area contributed by atoms with Crippen LogP contribution in [-0.2, 0) is 11.3 Å². The number of methoxy groups -OCH3 is 1. The third kappa shape index (κ3) is 11.9. The molecular weight excluding hydrogens is 515 g/mol. The Balaban J connectivity index is 1.40. The van der Waals surface area contributed by atoms with Gasteiger partial charge in [0.05, 0.1) is 7.11 Å². The number of likely N-dealkylation sites (tertiary alicyclic amines) is 1. The number of carbonyl (C=O) groups is 2. The molecule has 0 atom stereocenters. The van der Waals surface area contributed by atoms with Crippen molar-refractivity contribution < 1.29 is 18.7 Å². The second kappa shape index (κ2) is 18.5. The third-order valence-corrected chi connectivity index (χ3v) is 8.35. The monoisotopic (exact) mass is 566 g/mol. The van der Waals surface area contributed by atoms with E-state index in [4.69, 9.17) is 4.74 Å². The molecule has 2 aromatic rings. The van der Waals surface area contributed by atoms with Gasteiger partial charge in [-0.3, -0.25) is 9.59 Å². The first-order chi connectivity index (χ1) is 20.0. The predicted molar refractivity (Wildman–Crippen MR) is 165 cm³/mol. The van der Waals surface area contributed by atoms with Gasteiger partial charge < -0.3 is 14.5 Å². The Bertz CT molecular complexity index is 1020. The van der Waals surface area contributed by atoms with Gasteiger partial charge in [-0.25, -0.2) is 4.39 Å². The van der Waals surface area contributed by atoms with Gasteiger partial charge in [0.1, 0.15) is 11.6 Å². The lowest BCUT2D eigenvalue weighted by Crippen LogP contribution is -2.42. The van der Waals surface area contributed by atoms with E-state index in [9.17, 15) is 14.0 Å². The second-order valence-corrected chi connectivity index (χ2v) is 11.7. The molecule has 0 N–H and O–H groups in total. The lowest BCUT2D eigenvalue weighted by atomic mass is 9.95. The number of benzene rings is 2. The summed E-state index contributed by atoms with van der Waals surface area (Å²) in [4.78, 5) is 30.1. The quantitative estimate of drug-likeness (QED) is 0.170. The first-order valence-electron chi connectivity index (χ1n) is 16.0. The first kappa shape index (κ1) is 32.6. The molecule has 2 aromatic carbocycles. The summed E-state index contributed by atoms with van der Waals surface area (Å²) in [6, 6.07) is 13.5. The number of carbonyl (C=O) groups excluding carboxylic acids is 2. The minimum absolute atomic E-state index is 0.101. The van der Waals surface area contributed by atoms with Crippen LogP contribution in [0.3, 0.4) is 0 Å². The van der Waals surface area contributed by atoms with Crippen molar-refractivity contribution >= 4 is 11.8 Å². The molecule has 0 spiro atoms. The molecule has 0 saturated carbocycles. The third-order valence-electron chi connectivity index (χ3n) is 8.35. The predicted octanol–water partition coefficient (Wildman–Crippen LogP) is 8.42. The molecule has 1 aliphatic heterocycles. The Hall–Kier alpha value is -2.89. The lowest BCUT2D eigenvalue weighted by Gasteiger charge is -2.35. The smallest absolute Gasteiger partial charge is 0.254 e. The summed E-state index contributed by atoms with van der Waals surface area (Å²) in [5.41, 5.74) is 1.50. The molecule has 1 aliphatic rings. The normalized spacial score (nSPS) is 13.8. The van der Waals surface area contributed by atoms with Crippen LogP contribution in [-0.4, -0.2) is 48.4 Å². The highest BCUT2D eigenvalue weighted by Gasteiger charge is 2.26. The van der Waals surface area contributed by atoms with E-state index in [1.165, 1.54) is 69.9 Å². The average Bonchev–Trinajstić information content (AvgIpc) is 3.00. The molecule has 6 heteroatoms. The molecule has 1 heterocycles. The highest BCUT2D eigenvalue weighted by molar-refractivity contribution is 5.94. The van der Waals surface area contributed by atoms with E-state index in [0.29, 0.717) is 31.0 Å². The van der Waals surface area contributed by atoms with Crippen LogP contribution in [0, 0.1) is 11.7 Å². The molecule has 1 saturated heterocycles. The van der Waals surface area contributed by atoms with Crippen molar-refractivity contribution in [3.05, 3.63) is 65.5 Å². The highest BCUT2D eigenvalue weighted by atomic mass is 19.1. The van der Waals surface area contributed by atoms with Crippen molar-refractivity contribution in [2.24, 2.45) is 5.92 Å². The van der Waals surface area contributed by atoms with Crippen molar-refractivity contribution in [2.75, 3.05) is 26.7 Å². The fourth-order valence-electron chi connectivity index (χ4n) is 5.72. The number of hydrogen-bond acceptors (Lipinski definition) is 3. The van der Waals surface area contributed by atoms with Gasteiger partial charge in [0, 0.05) is 38.2 Å². The molecule has 1 fully saturated rings. The number of hydrogen-bond donors (Lipinski definition) is 0. The van der Waals surface area contributed by atoms with Crippen molar-refractivity contribution in [1.82, 2.24) is 9.80 Å². The molecule has 0 aromatic heterocycles. The van der Waals surface area contributed by atoms with Crippen LogP contribution in [0.5, 0.6) is 5.75 Å². The SMILES string of the molecule is CCCCCCCCCCCCCC(=O)N1CCC(CN(Cc2ccc(OC)cc2)C(=O)c2ccc(F)cc2)CC1. The Morgan fingerprint density at radius 2 is 1.39 bits per heavy atom. The molecular formula is C35H51FN2O3. The summed E-state index contributed by atoms with van der Waals surface area (Å²) >= 11 is 0. The van der Waals surface area contributed by atoms with Gasteiger partial charge >= 0.3 is 0 Å². The zero-order chi connectivity index (χ0) is 29.3. The summed E-state index contributed by atoms with van der Waals surface area (Å²) in [5, 5.41) is 0. The van der Waals surface area contributed by atoms with Gasteiger partial charge in [0.25, 0.3) is 5.91 Å². The molecule has 0 bridgehead atoms. The van der Waals surface area contributed by atoms with Crippen LogP contribution in [0.1, 0.15) is 113 Å². The van der Waals surface area contributed by atoms with Gasteiger partial charge in [-0.05, 0) is 67.1 Å². The number of ether oxygens (including phenoxy) is 1. The van der Waals surface area contributed by atoms with Crippen LogP contribution in [0.4, 0.5) is 4.39 Å². The molecule has 0 radical (unpaired) electrons. The zero-order valence-electron chi connectivity index (χ0n) is 25.4. The van der Waals surface area contributed by atoms with Crippen LogP contribution in [0.2, 0.25) is 0 Å². The van der Waals surface area contributed by atoms with Gasteiger partial charge in [-0.15, -0.1) is 0 Å². The van der Waals surface area contributed by atoms with Crippen LogP contribution in [0.15, 0.2) is 48.5 Å². The van der Waals surface area contributed by atoms with E-state index in [1.807, 2.05) is 34.1 Å². The first-order valence-corrected chi connectivity index (χ1v) is 16.0. The molecule has 0 aliphatic carbocycles. The van der Waals surface area contributed by atoms with Gasteiger partial charge in [0.2, 0.25) is 5.91 Å². The van der Waals surface area contributed by atoms with E-state index in [-0.39, 0.29) is 17.6 Å². The lowest BCUT2D eigenvalue weighted by molar-refractivity contribution is -0.132. The Morgan fingerprint density at radius 1 is 0.829 bits per heavy atom. The van der Waals surface area contributed by atoms with Crippen LogP contribution >= 0.6 is 0 Å². The molecule has 5 nitrogen and oxygen atoms in total. The van der Waals surface area contributed by atoms with Crippen molar-refractivity contribution in [1.29, 1.82) is 0 Å². The number of nitrogens with zero attached hydrogens (tertiary/aromatic N) is 2. The zero-order valence-corrected chi connectivity index (χ0v) is 25.4. The number of rotatable bonds is 18. The second-order valence-electron chi connectivity index (χ2n) is 11.7. The number of amides is 2. The molecule has 226 valence electrons. The van der Waals surface area contributed by atoms with Gasteiger partial charge in [-0.1, -0.05) is 83.3 Å². The van der Waals surface area contributed by atoms with Gasteiger partial charge in [0.15, 0.2) is 0 Å².